The molecule has 5 heteroatoms. The molecule has 0 aliphatic rings. The Bertz CT molecular complexity index is 487. The molecule has 0 spiro atoms. The third-order valence-corrected chi connectivity index (χ3v) is 2.96. The number of carbonyl (C=O) groups is 1. The van der Waals surface area contributed by atoms with Gasteiger partial charge in [0.2, 0.25) is 0 Å². The molecule has 22 heavy (non-hydrogen) atoms. The minimum absolute atomic E-state index is 0.0207. The monoisotopic (exact) mass is 306 g/mol. The van der Waals surface area contributed by atoms with E-state index in [9.17, 15) is 4.79 Å². The summed E-state index contributed by atoms with van der Waals surface area (Å²) >= 11 is 0. The molecule has 5 nitrogen and oxygen atoms in total. The number of hydrogen-bond donors (Lipinski definition) is 2. The van der Waals surface area contributed by atoms with Gasteiger partial charge in [0.1, 0.15) is 0 Å². The largest absolute Gasteiger partial charge is 0.493 e. The van der Waals surface area contributed by atoms with Gasteiger partial charge in [0.15, 0.2) is 18.1 Å². The Morgan fingerprint density at radius 3 is 2.73 bits per heavy atom. The molecule has 122 valence electrons. The van der Waals surface area contributed by atoms with Crippen LogP contribution in [0.5, 0.6) is 11.5 Å². The van der Waals surface area contributed by atoms with Crippen LogP contribution in [0.25, 0.3) is 6.08 Å². The van der Waals surface area contributed by atoms with Crippen LogP contribution in [-0.2, 0) is 4.79 Å². The second-order valence-electron chi connectivity index (χ2n) is 4.80. The normalized spacial score (nSPS) is 10.7. The second kappa shape index (κ2) is 10.7. The zero-order valence-electron chi connectivity index (χ0n) is 13.6. The van der Waals surface area contributed by atoms with Gasteiger partial charge in [0.05, 0.1) is 7.11 Å². The van der Waals surface area contributed by atoms with Crippen molar-refractivity contribution < 1.29 is 14.3 Å². The SMILES string of the molecule is C/C=C/c1ccc(OCC(=O)NCCNCCC)c(OC)c1. The van der Waals surface area contributed by atoms with Crippen LogP contribution in [-0.4, -0.2) is 39.3 Å². The van der Waals surface area contributed by atoms with Gasteiger partial charge in [-0.1, -0.05) is 25.1 Å². The zero-order chi connectivity index (χ0) is 16.2. The first-order valence-electron chi connectivity index (χ1n) is 7.62. The molecule has 0 aromatic heterocycles. The molecule has 0 unspecified atom stereocenters. The van der Waals surface area contributed by atoms with Crippen LogP contribution >= 0.6 is 0 Å². The lowest BCUT2D eigenvalue weighted by molar-refractivity contribution is -0.123. The molecule has 1 aromatic rings. The van der Waals surface area contributed by atoms with Crippen molar-refractivity contribution in [3.8, 4) is 11.5 Å². The average Bonchev–Trinajstić information content (AvgIpc) is 2.53. The van der Waals surface area contributed by atoms with E-state index >= 15 is 0 Å². The van der Waals surface area contributed by atoms with E-state index in [0.717, 1.165) is 25.1 Å². The Morgan fingerprint density at radius 1 is 1.23 bits per heavy atom. The molecular weight excluding hydrogens is 280 g/mol. The number of nitrogens with one attached hydrogen (secondary N) is 2. The average molecular weight is 306 g/mol. The van der Waals surface area contributed by atoms with Crippen LogP contribution in [0.3, 0.4) is 0 Å². The predicted molar refractivity (Wildman–Crippen MR) is 89.4 cm³/mol. The first-order chi connectivity index (χ1) is 10.7. The highest BCUT2D eigenvalue weighted by Crippen LogP contribution is 2.28. The van der Waals surface area contributed by atoms with Crippen LogP contribution in [0.4, 0.5) is 0 Å². The number of ether oxygens (including phenoxy) is 2. The Morgan fingerprint density at radius 2 is 2.05 bits per heavy atom. The molecule has 0 radical (unpaired) electrons. The van der Waals surface area contributed by atoms with E-state index in [1.165, 1.54) is 0 Å². The van der Waals surface area contributed by atoms with Crippen LogP contribution in [0.2, 0.25) is 0 Å². The summed E-state index contributed by atoms with van der Waals surface area (Å²) in [6.07, 6.45) is 5.01. The van der Waals surface area contributed by atoms with Gasteiger partial charge in [0.25, 0.3) is 5.91 Å². The lowest BCUT2D eigenvalue weighted by atomic mass is 10.2. The lowest BCUT2D eigenvalue weighted by Gasteiger charge is -2.11. The van der Waals surface area contributed by atoms with E-state index in [1.807, 2.05) is 37.3 Å². The summed E-state index contributed by atoms with van der Waals surface area (Å²) in [5.74, 6) is 1.04. The highest BCUT2D eigenvalue weighted by Gasteiger charge is 2.07. The third kappa shape index (κ3) is 6.63. The standard InChI is InChI=1S/C17H26N2O3/c1-4-6-14-7-8-15(16(12-14)21-3)22-13-17(20)19-11-10-18-9-5-2/h4,6-8,12,18H,5,9-11,13H2,1-3H3,(H,19,20)/b6-4+. The summed E-state index contributed by atoms with van der Waals surface area (Å²) in [6.45, 7) is 6.36. The highest BCUT2D eigenvalue weighted by atomic mass is 16.5. The summed E-state index contributed by atoms with van der Waals surface area (Å²) in [4.78, 5) is 11.7. The molecule has 1 amide bonds. The van der Waals surface area contributed by atoms with Crippen molar-refractivity contribution in [3.63, 3.8) is 0 Å². The molecule has 2 N–H and O–H groups in total. The van der Waals surface area contributed by atoms with Gasteiger partial charge in [-0.25, -0.2) is 0 Å². The highest BCUT2D eigenvalue weighted by molar-refractivity contribution is 5.77. The Hall–Kier alpha value is -2.01. The summed E-state index contributed by atoms with van der Waals surface area (Å²) in [5.41, 5.74) is 1.03. The van der Waals surface area contributed by atoms with Crippen molar-refractivity contribution in [2.45, 2.75) is 20.3 Å². The number of amides is 1. The Labute approximate surface area is 132 Å². The zero-order valence-corrected chi connectivity index (χ0v) is 13.6. The molecule has 0 saturated heterocycles. The molecule has 0 atom stereocenters. The number of allylic oxidation sites excluding steroid dienone is 1. The lowest BCUT2D eigenvalue weighted by Crippen LogP contribution is -2.35. The first-order valence-corrected chi connectivity index (χ1v) is 7.62. The maximum absolute atomic E-state index is 11.7. The van der Waals surface area contributed by atoms with E-state index in [0.29, 0.717) is 18.0 Å². The Balaban J connectivity index is 2.41. The first kappa shape index (κ1) is 18.0. The van der Waals surface area contributed by atoms with Gasteiger partial charge < -0.3 is 20.1 Å². The van der Waals surface area contributed by atoms with E-state index in [2.05, 4.69) is 17.6 Å². The molecule has 0 fully saturated rings. The quantitative estimate of drug-likeness (QED) is 0.651. The van der Waals surface area contributed by atoms with Crippen molar-refractivity contribution >= 4 is 12.0 Å². The molecule has 0 aliphatic heterocycles. The second-order valence-corrected chi connectivity index (χ2v) is 4.80. The number of benzene rings is 1. The van der Waals surface area contributed by atoms with Crippen molar-refractivity contribution in [2.75, 3.05) is 33.4 Å². The van der Waals surface area contributed by atoms with Crippen molar-refractivity contribution in [1.29, 1.82) is 0 Å². The summed E-state index contributed by atoms with van der Waals surface area (Å²) in [6, 6.07) is 5.61. The summed E-state index contributed by atoms with van der Waals surface area (Å²) < 4.78 is 10.8. The molecule has 0 heterocycles. The number of rotatable bonds is 10. The van der Waals surface area contributed by atoms with Gasteiger partial charge in [-0.05, 0) is 37.6 Å². The minimum Gasteiger partial charge on any atom is -0.493 e. The van der Waals surface area contributed by atoms with Crippen LogP contribution in [0, 0.1) is 0 Å². The minimum atomic E-state index is -0.141. The maximum Gasteiger partial charge on any atom is 0.257 e. The fourth-order valence-corrected chi connectivity index (χ4v) is 1.89. The molecule has 1 rings (SSSR count). The molecule has 1 aromatic carbocycles. The fraction of sp³-hybridized carbons (Fsp3) is 0.471. The van der Waals surface area contributed by atoms with Crippen LogP contribution in [0.1, 0.15) is 25.8 Å². The summed E-state index contributed by atoms with van der Waals surface area (Å²) in [7, 11) is 1.58. The molecule has 0 saturated carbocycles. The smallest absolute Gasteiger partial charge is 0.257 e. The van der Waals surface area contributed by atoms with Crippen LogP contribution in [0.15, 0.2) is 24.3 Å². The molecule has 0 aliphatic carbocycles. The van der Waals surface area contributed by atoms with Gasteiger partial charge in [0, 0.05) is 13.1 Å². The van der Waals surface area contributed by atoms with Crippen molar-refractivity contribution in [3.05, 3.63) is 29.8 Å². The van der Waals surface area contributed by atoms with Crippen LogP contribution < -0.4 is 20.1 Å². The number of carbonyl (C=O) groups excluding carboxylic acids is 1. The van der Waals surface area contributed by atoms with E-state index < -0.39 is 0 Å². The number of methoxy groups -OCH3 is 1. The number of hydrogen-bond acceptors (Lipinski definition) is 4. The van der Waals surface area contributed by atoms with Crippen molar-refractivity contribution in [1.82, 2.24) is 10.6 Å². The Kier molecular flexibility index (Phi) is 8.76. The van der Waals surface area contributed by atoms with Crippen molar-refractivity contribution in [2.24, 2.45) is 0 Å². The van der Waals surface area contributed by atoms with Gasteiger partial charge in [-0.2, -0.15) is 0 Å². The topological polar surface area (TPSA) is 59.6 Å². The third-order valence-electron chi connectivity index (χ3n) is 2.96. The van der Waals surface area contributed by atoms with Gasteiger partial charge in [-0.15, -0.1) is 0 Å². The predicted octanol–water partition coefficient (Wildman–Crippen LogP) is 2.22. The van der Waals surface area contributed by atoms with Gasteiger partial charge >= 0.3 is 0 Å². The van der Waals surface area contributed by atoms with E-state index in [-0.39, 0.29) is 12.5 Å². The summed E-state index contributed by atoms with van der Waals surface area (Å²) in [5, 5.41) is 6.02. The molecular formula is C17H26N2O3. The van der Waals surface area contributed by atoms with Gasteiger partial charge in [-0.3, -0.25) is 4.79 Å². The molecule has 0 bridgehead atoms. The fourth-order valence-electron chi connectivity index (χ4n) is 1.89. The van der Waals surface area contributed by atoms with E-state index in [4.69, 9.17) is 9.47 Å². The maximum atomic E-state index is 11.7. The van der Waals surface area contributed by atoms with E-state index in [1.54, 1.807) is 7.11 Å².